The summed E-state index contributed by atoms with van der Waals surface area (Å²) in [4.78, 5) is 25.2. The highest BCUT2D eigenvalue weighted by Crippen LogP contribution is 2.34. The van der Waals surface area contributed by atoms with Gasteiger partial charge in [-0.25, -0.2) is 9.07 Å². The lowest BCUT2D eigenvalue weighted by molar-refractivity contribution is -0.125. The minimum absolute atomic E-state index is 0.0349. The molecule has 0 radical (unpaired) electrons. The van der Waals surface area contributed by atoms with E-state index in [-0.39, 0.29) is 24.1 Å². The molecule has 0 unspecified atom stereocenters. The summed E-state index contributed by atoms with van der Waals surface area (Å²) in [5.41, 5.74) is 2.56. The molecule has 8 heteroatoms. The van der Waals surface area contributed by atoms with Crippen LogP contribution in [0.15, 0.2) is 48.5 Å². The zero-order chi connectivity index (χ0) is 20.5. The first-order chi connectivity index (χ1) is 14.0. The molecule has 148 valence electrons. The third-order valence-corrected chi connectivity index (χ3v) is 4.84. The van der Waals surface area contributed by atoms with E-state index in [0.717, 1.165) is 0 Å². The molecule has 29 heavy (non-hydrogen) atoms. The molecule has 4 rings (SSSR count). The predicted molar refractivity (Wildman–Crippen MR) is 106 cm³/mol. The van der Waals surface area contributed by atoms with Crippen molar-refractivity contribution in [1.29, 1.82) is 0 Å². The van der Waals surface area contributed by atoms with Crippen LogP contribution in [-0.2, 0) is 9.59 Å². The maximum absolute atomic E-state index is 13.3. The average Bonchev–Trinajstić information content (AvgIpc) is 3.04. The Morgan fingerprint density at radius 2 is 2.03 bits per heavy atom. The summed E-state index contributed by atoms with van der Waals surface area (Å²) in [5.74, 6) is 0.100. The Bertz CT molecular complexity index is 1090. The summed E-state index contributed by atoms with van der Waals surface area (Å²) in [6.07, 6.45) is -0.0349. The minimum atomic E-state index is -0.808. The molecule has 1 aliphatic heterocycles. The summed E-state index contributed by atoms with van der Waals surface area (Å²) in [6.45, 7) is 1.81. The molecule has 2 heterocycles. The smallest absolute Gasteiger partial charge is 0.249 e. The summed E-state index contributed by atoms with van der Waals surface area (Å²) in [7, 11) is 1.54. The van der Waals surface area contributed by atoms with Gasteiger partial charge in [-0.3, -0.25) is 9.59 Å². The van der Waals surface area contributed by atoms with Crippen molar-refractivity contribution in [3.05, 3.63) is 59.9 Å². The lowest BCUT2D eigenvalue weighted by Crippen LogP contribution is -2.35. The number of hydrogen-bond donors (Lipinski definition) is 2. The van der Waals surface area contributed by atoms with Crippen LogP contribution in [0.25, 0.3) is 11.3 Å². The van der Waals surface area contributed by atoms with Crippen molar-refractivity contribution in [2.75, 3.05) is 17.7 Å². The maximum atomic E-state index is 13.3. The van der Waals surface area contributed by atoms with Gasteiger partial charge in [0.15, 0.2) is 0 Å². The van der Waals surface area contributed by atoms with Gasteiger partial charge in [0.25, 0.3) is 0 Å². The van der Waals surface area contributed by atoms with Crippen molar-refractivity contribution < 1.29 is 18.7 Å². The van der Waals surface area contributed by atoms with Gasteiger partial charge in [-0.2, -0.15) is 5.10 Å². The summed E-state index contributed by atoms with van der Waals surface area (Å²) < 4.78 is 20.0. The fraction of sp³-hybridized carbons (Fsp3) is 0.190. The summed E-state index contributed by atoms with van der Waals surface area (Å²) in [5, 5.41) is 10.2. The average molecular weight is 394 g/mol. The number of carbonyl (C=O) groups is 2. The van der Waals surface area contributed by atoms with Crippen molar-refractivity contribution in [1.82, 2.24) is 9.78 Å². The van der Waals surface area contributed by atoms with Gasteiger partial charge >= 0.3 is 0 Å². The second-order valence-corrected chi connectivity index (χ2v) is 6.76. The molecule has 2 aromatic carbocycles. The van der Waals surface area contributed by atoms with Crippen LogP contribution in [-0.4, -0.2) is 28.7 Å². The van der Waals surface area contributed by atoms with Gasteiger partial charge < -0.3 is 15.4 Å². The standard InChI is InChI=1S/C21H19FN4O3/c1-12-19(13-6-8-14(22)9-7-13)25-26-17(11-18(27)24-20(12)26)21(28)23-15-4-3-5-16(10-15)29-2/h3-10,17H,11H2,1-2H3,(H,23,28)(H,24,27)/t17-/m1/s1. The number of anilines is 2. The molecule has 1 aromatic heterocycles. The molecule has 1 aliphatic rings. The Kier molecular flexibility index (Phi) is 4.75. The van der Waals surface area contributed by atoms with Crippen molar-refractivity contribution in [3.63, 3.8) is 0 Å². The second-order valence-electron chi connectivity index (χ2n) is 6.76. The van der Waals surface area contributed by atoms with E-state index in [2.05, 4.69) is 15.7 Å². The molecule has 0 saturated heterocycles. The molecular weight excluding hydrogens is 375 g/mol. The summed E-state index contributed by atoms with van der Waals surface area (Å²) >= 11 is 0. The van der Waals surface area contributed by atoms with Gasteiger partial charge in [0.1, 0.15) is 23.4 Å². The number of aromatic nitrogens is 2. The quantitative estimate of drug-likeness (QED) is 0.709. The van der Waals surface area contributed by atoms with Gasteiger partial charge in [-0.15, -0.1) is 0 Å². The normalized spacial score (nSPS) is 15.4. The molecule has 2 amide bonds. The van der Waals surface area contributed by atoms with Crippen LogP contribution in [0.1, 0.15) is 18.0 Å². The molecule has 2 N–H and O–H groups in total. The number of rotatable bonds is 4. The highest BCUT2D eigenvalue weighted by atomic mass is 19.1. The monoisotopic (exact) mass is 394 g/mol. The van der Waals surface area contributed by atoms with Crippen molar-refractivity contribution >= 4 is 23.3 Å². The third kappa shape index (κ3) is 3.56. The lowest BCUT2D eigenvalue weighted by Gasteiger charge is -2.24. The number of halogens is 1. The van der Waals surface area contributed by atoms with Crippen LogP contribution in [0.4, 0.5) is 15.9 Å². The minimum Gasteiger partial charge on any atom is -0.497 e. The van der Waals surface area contributed by atoms with E-state index in [9.17, 15) is 14.0 Å². The molecule has 1 atom stereocenters. The van der Waals surface area contributed by atoms with Crippen molar-refractivity contribution in [3.8, 4) is 17.0 Å². The highest BCUT2D eigenvalue weighted by Gasteiger charge is 2.34. The predicted octanol–water partition coefficient (Wildman–Crippen LogP) is 3.53. The molecule has 0 bridgehead atoms. The number of benzene rings is 2. The summed E-state index contributed by atoms with van der Waals surface area (Å²) in [6, 6.07) is 12.1. The van der Waals surface area contributed by atoms with E-state index >= 15 is 0 Å². The van der Waals surface area contributed by atoms with Crippen molar-refractivity contribution in [2.45, 2.75) is 19.4 Å². The maximum Gasteiger partial charge on any atom is 0.249 e. The largest absolute Gasteiger partial charge is 0.497 e. The van der Waals surface area contributed by atoms with Gasteiger partial charge in [0, 0.05) is 22.9 Å². The number of hydrogen-bond acceptors (Lipinski definition) is 4. The van der Waals surface area contributed by atoms with Crippen LogP contribution in [0.3, 0.4) is 0 Å². The Morgan fingerprint density at radius 1 is 1.28 bits per heavy atom. The van der Waals surface area contributed by atoms with E-state index in [1.807, 2.05) is 0 Å². The van der Waals surface area contributed by atoms with Crippen LogP contribution < -0.4 is 15.4 Å². The molecular formula is C21H19FN4O3. The Morgan fingerprint density at radius 3 is 2.76 bits per heavy atom. The van der Waals surface area contributed by atoms with Gasteiger partial charge in [0.05, 0.1) is 19.2 Å². The zero-order valence-corrected chi connectivity index (χ0v) is 15.9. The number of nitrogens with one attached hydrogen (secondary N) is 2. The highest BCUT2D eigenvalue weighted by molar-refractivity contribution is 6.02. The first kappa shape index (κ1) is 18.7. The van der Waals surface area contributed by atoms with E-state index in [1.165, 1.54) is 16.8 Å². The van der Waals surface area contributed by atoms with E-state index in [0.29, 0.717) is 34.1 Å². The van der Waals surface area contributed by atoms with Crippen molar-refractivity contribution in [2.24, 2.45) is 0 Å². The number of methoxy groups -OCH3 is 1. The molecule has 7 nitrogen and oxygen atoms in total. The van der Waals surface area contributed by atoms with Crippen LogP contribution in [0.5, 0.6) is 5.75 Å². The van der Waals surface area contributed by atoms with Gasteiger partial charge in [-0.05, 0) is 43.3 Å². The fourth-order valence-electron chi connectivity index (χ4n) is 3.35. The number of fused-ring (bicyclic) bond motifs is 1. The molecule has 0 saturated carbocycles. The second kappa shape index (κ2) is 7.38. The SMILES string of the molecule is COc1cccc(NC(=O)[C@H]2CC(=O)Nc3c(C)c(-c4ccc(F)cc4)nn32)c1. The number of amides is 2. The Hall–Kier alpha value is -3.68. The number of ether oxygens (including phenoxy) is 1. The first-order valence-electron chi connectivity index (χ1n) is 9.06. The molecule has 0 spiro atoms. The topological polar surface area (TPSA) is 85.2 Å². The molecule has 3 aromatic rings. The van der Waals surface area contributed by atoms with E-state index in [1.54, 1.807) is 50.4 Å². The lowest BCUT2D eigenvalue weighted by atomic mass is 10.1. The van der Waals surface area contributed by atoms with Gasteiger partial charge in [-0.1, -0.05) is 6.07 Å². The number of nitrogens with zero attached hydrogens (tertiary/aromatic N) is 2. The van der Waals surface area contributed by atoms with Crippen LogP contribution in [0.2, 0.25) is 0 Å². The van der Waals surface area contributed by atoms with E-state index in [4.69, 9.17) is 4.74 Å². The Balaban J connectivity index is 1.68. The molecule has 0 fully saturated rings. The van der Waals surface area contributed by atoms with Crippen LogP contribution in [0, 0.1) is 12.7 Å². The fourth-order valence-corrected chi connectivity index (χ4v) is 3.35. The Labute approximate surface area is 166 Å². The van der Waals surface area contributed by atoms with E-state index < -0.39 is 6.04 Å². The third-order valence-electron chi connectivity index (χ3n) is 4.84. The number of carbonyl (C=O) groups excluding carboxylic acids is 2. The van der Waals surface area contributed by atoms with Gasteiger partial charge in [0.2, 0.25) is 11.8 Å². The zero-order valence-electron chi connectivity index (χ0n) is 15.9. The molecule has 0 aliphatic carbocycles. The van der Waals surface area contributed by atoms with Crippen LogP contribution >= 0.6 is 0 Å². The first-order valence-corrected chi connectivity index (χ1v) is 9.06.